The van der Waals surface area contributed by atoms with Crippen molar-refractivity contribution in [3.63, 3.8) is 0 Å². The second kappa shape index (κ2) is 5.92. The number of nitrogens with one attached hydrogen (secondary N) is 2. The van der Waals surface area contributed by atoms with Crippen LogP contribution in [0.15, 0.2) is 24.3 Å². The number of anilines is 3. The van der Waals surface area contributed by atoms with E-state index in [1.807, 2.05) is 5.43 Å². The van der Waals surface area contributed by atoms with Gasteiger partial charge in [0.05, 0.1) is 15.7 Å². The Balaban J connectivity index is 2.42. The number of nitrogen functional groups attached to an aromatic ring is 1. The third kappa shape index (κ3) is 3.66. The van der Waals surface area contributed by atoms with Gasteiger partial charge >= 0.3 is 6.18 Å². The molecule has 0 unspecified atom stereocenters. The number of hydrogen-bond acceptors (Lipinski definition) is 5. The van der Waals surface area contributed by atoms with E-state index in [1.165, 1.54) is 6.07 Å². The van der Waals surface area contributed by atoms with Crippen LogP contribution in [0.4, 0.5) is 30.5 Å². The van der Waals surface area contributed by atoms with Crippen LogP contribution in [-0.2, 0) is 6.18 Å². The molecule has 4 N–H and O–H groups in total. The van der Waals surface area contributed by atoms with Gasteiger partial charge in [-0.25, -0.2) is 15.8 Å². The lowest BCUT2D eigenvalue weighted by molar-refractivity contribution is -0.144. The molecule has 0 aliphatic rings. The average molecular weight is 338 g/mol. The number of halogens is 5. The van der Waals surface area contributed by atoms with Crippen molar-refractivity contribution in [3.8, 4) is 0 Å². The molecule has 1 aromatic carbocycles. The molecular formula is C11H8Cl2F3N5. The highest BCUT2D eigenvalue weighted by Crippen LogP contribution is 2.33. The van der Waals surface area contributed by atoms with E-state index in [1.54, 1.807) is 18.2 Å². The van der Waals surface area contributed by atoms with E-state index in [-0.39, 0.29) is 21.7 Å². The lowest BCUT2D eigenvalue weighted by Crippen LogP contribution is -2.16. The minimum absolute atomic E-state index is 0.130. The van der Waals surface area contributed by atoms with Gasteiger partial charge in [-0.3, -0.25) is 0 Å². The first-order chi connectivity index (χ1) is 9.81. The van der Waals surface area contributed by atoms with Gasteiger partial charge in [0.15, 0.2) is 0 Å². The summed E-state index contributed by atoms with van der Waals surface area (Å²) in [6.07, 6.45) is -4.71. The molecule has 2 aromatic rings. The fourth-order valence-electron chi connectivity index (χ4n) is 1.45. The van der Waals surface area contributed by atoms with Gasteiger partial charge in [0, 0.05) is 6.07 Å². The number of alkyl halides is 3. The van der Waals surface area contributed by atoms with E-state index in [2.05, 4.69) is 15.3 Å². The molecule has 1 aromatic heterocycles. The first-order valence-corrected chi connectivity index (χ1v) is 6.21. The first-order valence-electron chi connectivity index (χ1n) is 5.45. The minimum Gasteiger partial charge on any atom is -0.339 e. The lowest BCUT2D eigenvalue weighted by atomic mass is 10.3. The summed E-state index contributed by atoms with van der Waals surface area (Å²) in [5.41, 5.74) is 2.35. The number of nitrogens with two attached hydrogens (primary N) is 1. The van der Waals surface area contributed by atoms with Gasteiger partial charge in [-0.2, -0.15) is 13.2 Å². The molecule has 0 saturated heterocycles. The fourth-order valence-corrected chi connectivity index (χ4v) is 1.80. The molecule has 5 nitrogen and oxygen atoms in total. The summed E-state index contributed by atoms with van der Waals surface area (Å²) in [4.78, 5) is 6.61. The number of hydrazine groups is 1. The Hall–Kier alpha value is -1.77. The molecule has 21 heavy (non-hydrogen) atoms. The van der Waals surface area contributed by atoms with Crippen LogP contribution in [0.2, 0.25) is 10.0 Å². The number of benzene rings is 1. The molecule has 0 amide bonds. The van der Waals surface area contributed by atoms with Crippen molar-refractivity contribution in [2.75, 3.05) is 10.7 Å². The van der Waals surface area contributed by atoms with E-state index in [0.29, 0.717) is 5.69 Å². The number of rotatable bonds is 3. The predicted molar refractivity (Wildman–Crippen MR) is 74.6 cm³/mol. The van der Waals surface area contributed by atoms with E-state index in [0.717, 1.165) is 0 Å². The largest absolute Gasteiger partial charge is 0.451 e. The van der Waals surface area contributed by atoms with Crippen molar-refractivity contribution in [2.45, 2.75) is 6.18 Å². The molecule has 0 bridgehead atoms. The summed E-state index contributed by atoms with van der Waals surface area (Å²) >= 11 is 11.8. The van der Waals surface area contributed by atoms with Crippen LogP contribution in [0.25, 0.3) is 0 Å². The Labute approximate surface area is 127 Å². The van der Waals surface area contributed by atoms with Crippen LogP contribution in [0.3, 0.4) is 0 Å². The zero-order valence-corrected chi connectivity index (χ0v) is 11.7. The van der Waals surface area contributed by atoms with Gasteiger partial charge in [0.25, 0.3) is 0 Å². The monoisotopic (exact) mass is 337 g/mol. The lowest BCUT2D eigenvalue weighted by Gasteiger charge is -2.12. The second-order valence-electron chi connectivity index (χ2n) is 3.83. The maximum absolute atomic E-state index is 12.7. The molecule has 0 spiro atoms. The van der Waals surface area contributed by atoms with E-state index in [9.17, 15) is 13.2 Å². The molecule has 2 rings (SSSR count). The highest BCUT2D eigenvalue weighted by Gasteiger charge is 2.35. The molecule has 112 valence electrons. The summed E-state index contributed by atoms with van der Waals surface area (Å²) in [7, 11) is 0. The van der Waals surface area contributed by atoms with Crippen LogP contribution in [0.1, 0.15) is 5.82 Å². The van der Waals surface area contributed by atoms with Gasteiger partial charge < -0.3 is 10.7 Å². The van der Waals surface area contributed by atoms with Crippen LogP contribution in [0.5, 0.6) is 0 Å². The molecule has 0 radical (unpaired) electrons. The Kier molecular flexibility index (Phi) is 4.40. The normalized spacial score (nSPS) is 11.3. The number of hydrogen-bond donors (Lipinski definition) is 3. The molecular weight excluding hydrogens is 330 g/mol. The SMILES string of the molecule is NNc1cc(Nc2cccc(Cl)c2Cl)nc(C(F)(F)F)n1. The summed E-state index contributed by atoms with van der Waals surface area (Å²) in [5, 5.41) is 3.05. The van der Waals surface area contributed by atoms with Crippen LogP contribution >= 0.6 is 23.2 Å². The molecule has 0 saturated carbocycles. The highest BCUT2D eigenvalue weighted by atomic mass is 35.5. The third-order valence-corrected chi connectivity index (χ3v) is 3.16. The third-order valence-electron chi connectivity index (χ3n) is 2.34. The average Bonchev–Trinajstić information content (AvgIpc) is 2.42. The molecule has 1 heterocycles. The smallest absolute Gasteiger partial charge is 0.339 e. The number of nitrogens with zero attached hydrogens (tertiary/aromatic N) is 2. The van der Waals surface area contributed by atoms with Crippen molar-refractivity contribution in [1.29, 1.82) is 0 Å². The van der Waals surface area contributed by atoms with Crippen molar-refractivity contribution in [3.05, 3.63) is 40.1 Å². The quantitative estimate of drug-likeness (QED) is 0.586. The van der Waals surface area contributed by atoms with E-state index >= 15 is 0 Å². The Bertz CT molecular complexity index is 663. The maximum Gasteiger partial charge on any atom is 0.451 e. The Morgan fingerprint density at radius 1 is 1.10 bits per heavy atom. The van der Waals surface area contributed by atoms with Crippen molar-refractivity contribution >= 4 is 40.5 Å². The minimum atomic E-state index is -4.71. The molecule has 0 atom stereocenters. The van der Waals surface area contributed by atoms with E-state index < -0.39 is 12.0 Å². The van der Waals surface area contributed by atoms with E-state index in [4.69, 9.17) is 29.0 Å². The van der Waals surface area contributed by atoms with Gasteiger partial charge in [-0.05, 0) is 12.1 Å². The van der Waals surface area contributed by atoms with Crippen molar-refractivity contribution < 1.29 is 13.2 Å². The summed E-state index contributed by atoms with van der Waals surface area (Å²) in [6.45, 7) is 0. The second-order valence-corrected chi connectivity index (χ2v) is 4.62. The predicted octanol–water partition coefficient (Wildman–Crippen LogP) is 3.83. The van der Waals surface area contributed by atoms with Crippen LogP contribution in [-0.4, -0.2) is 9.97 Å². The molecule has 0 fully saturated rings. The Morgan fingerprint density at radius 3 is 2.38 bits per heavy atom. The van der Waals surface area contributed by atoms with Crippen molar-refractivity contribution in [1.82, 2.24) is 9.97 Å². The maximum atomic E-state index is 12.7. The zero-order chi connectivity index (χ0) is 15.6. The molecule has 0 aliphatic carbocycles. The van der Waals surface area contributed by atoms with Gasteiger partial charge in [-0.1, -0.05) is 29.3 Å². The van der Waals surface area contributed by atoms with Crippen LogP contribution < -0.4 is 16.6 Å². The summed E-state index contributed by atoms with van der Waals surface area (Å²) in [5.74, 6) is 3.43. The standard InChI is InChI=1S/C11H8Cl2F3N5/c12-5-2-1-3-6(9(5)13)18-7-4-8(21-17)20-10(19-7)11(14,15)16/h1-4H,17H2,(H2,18,19,20,21). The molecule has 0 aliphatic heterocycles. The zero-order valence-electron chi connectivity index (χ0n) is 10.2. The highest BCUT2D eigenvalue weighted by molar-refractivity contribution is 6.43. The first kappa shape index (κ1) is 15.6. The van der Waals surface area contributed by atoms with Gasteiger partial charge in [0.1, 0.15) is 11.6 Å². The summed E-state index contributed by atoms with van der Waals surface area (Å²) in [6, 6.07) is 5.87. The summed E-state index contributed by atoms with van der Waals surface area (Å²) < 4.78 is 38.1. The number of aromatic nitrogens is 2. The Morgan fingerprint density at radius 2 is 1.76 bits per heavy atom. The topological polar surface area (TPSA) is 75.9 Å². The molecule has 10 heteroatoms. The van der Waals surface area contributed by atoms with Gasteiger partial charge in [-0.15, -0.1) is 0 Å². The fraction of sp³-hybridized carbons (Fsp3) is 0.0909. The van der Waals surface area contributed by atoms with Crippen LogP contribution in [0, 0.1) is 0 Å². The van der Waals surface area contributed by atoms with Crippen molar-refractivity contribution in [2.24, 2.45) is 5.84 Å². The van der Waals surface area contributed by atoms with Gasteiger partial charge in [0.2, 0.25) is 5.82 Å².